The van der Waals surface area contributed by atoms with Gasteiger partial charge in [-0.1, -0.05) is 288 Å². The van der Waals surface area contributed by atoms with Gasteiger partial charge in [-0.2, -0.15) is 8.42 Å². The number of hydrogen-bond donors (Lipinski definition) is 6. The number of aliphatic hydroxyl groups excluding tert-OH is 4. The summed E-state index contributed by atoms with van der Waals surface area (Å²) in [7, 11) is -5.09. The highest BCUT2D eigenvalue weighted by Crippen LogP contribution is 2.26. The zero-order chi connectivity index (χ0) is 56.1. The molecule has 7 atom stereocenters. The maximum Gasteiger partial charge on any atom is 0.397 e. The summed E-state index contributed by atoms with van der Waals surface area (Å²) in [5.41, 5.74) is 0. The van der Waals surface area contributed by atoms with Crippen LogP contribution in [-0.2, 0) is 28.9 Å². The molecule has 0 aromatic rings. The number of aliphatic hydroxyl groups is 4. The van der Waals surface area contributed by atoms with Crippen molar-refractivity contribution >= 4 is 16.3 Å². The molecule has 1 aliphatic rings. The lowest BCUT2D eigenvalue weighted by Crippen LogP contribution is -2.61. The van der Waals surface area contributed by atoms with Crippen molar-refractivity contribution in [2.45, 2.75) is 352 Å². The van der Waals surface area contributed by atoms with Gasteiger partial charge in [0.05, 0.1) is 25.4 Å². The number of allylic oxidation sites excluding steroid dienone is 5. The molecular weight excluding hydrogens is 991 g/mol. The molecule has 1 saturated heterocycles. The van der Waals surface area contributed by atoms with Crippen molar-refractivity contribution < 1.29 is 51.8 Å². The van der Waals surface area contributed by atoms with Crippen molar-refractivity contribution in [1.82, 2.24) is 5.32 Å². The molecular formula is C64H121NO11S. The Labute approximate surface area is 473 Å². The number of hydrogen-bond acceptors (Lipinski definition) is 10. The molecule has 1 heterocycles. The summed E-state index contributed by atoms with van der Waals surface area (Å²) in [5.74, 6) is -0.258. The van der Waals surface area contributed by atoms with Crippen LogP contribution in [0.15, 0.2) is 36.5 Å². The second-order valence-corrected chi connectivity index (χ2v) is 23.8. The van der Waals surface area contributed by atoms with Gasteiger partial charge in [0.2, 0.25) is 5.91 Å². The van der Waals surface area contributed by atoms with E-state index in [9.17, 15) is 38.2 Å². The van der Waals surface area contributed by atoms with Crippen LogP contribution in [0, 0.1) is 0 Å². The quantitative estimate of drug-likeness (QED) is 0.0193. The smallest absolute Gasteiger partial charge is 0.394 e. The number of amides is 1. The molecule has 0 aromatic carbocycles. The maximum atomic E-state index is 13.2. The molecule has 1 fully saturated rings. The first kappa shape index (κ1) is 73.3. The van der Waals surface area contributed by atoms with Crippen LogP contribution in [0.25, 0.3) is 0 Å². The topological polar surface area (TPSA) is 192 Å². The minimum atomic E-state index is -5.09. The van der Waals surface area contributed by atoms with Gasteiger partial charge in [0.1, 0.15) is 24.4 Å². The molecule has 454 valence electrons. The fraction of sp³-hybridized carbons (Fsp3) is 0.891. The van der Waals surface area contributed by atoms with Crippen LogP contribution in [-0.4, -0.2) is 95.4 Å². The van der Waals surface area contributed by atoms with Gasteiger partial charge in [-0.15, -0.1) is 0 Å². The average Bonchev–Trinajstić information content (AvgIpc) is 3.41. The first-order chi connectivity index (χ1) is 37.5. The third kappa shape index (κ3) is 45.6. The van der Waals surface area contributed by atoms with E-state index in [2.05, 4.69) is 47.7 Å². The van der Waals surface area contributed by atoms with E-state index in [1.54, 1.807) is 6.08 Å². The van der Waals surface area contributed by atoms with Crippen molar-refractivity contribution in [3.05, 3.63) is 36.5 Å². The molecule has 13 heteroatoms. The number of carbonyl (C=O) groups is 1. The van der Waals surface area contributed by atoms with E-state index < -0.39 is 59.9 Å². The van der Waals surface area contributed by atoms with Crippen molar-refractivity contribution in [2.24, 2.45) is 0 Å². The summed E-state index contributed by atoms with van der Waals surface area (Å²) in [4.78, 5) is 13.2. The van der Waals surface area contributed by atoms with E-state index in [1.807, 2.05) is 6.08 Å². The first-order valence-corrected chi connectivity index (χ1v) is 33.7. The molecule has 0 bridgehead atoms. The van der Waals surface area contributed by atoms with Gasteiger partial charge < -0.3 is 35.2 Å². The summed E-state index contributed by atoms with van der Waals surface area (Å²) in [6, 6.07) is -0.944. The third-order valence-corrected chi connectivity index (χ3v) is 15.9. The van der Waals surface area contributed by atoms with Crippen molar-refractivity contribution in [3.63, 3.8) is 0 Å². The van der Waals surface area contributed by atoms with Gasteiger partial charge in [-0.3, -0.25) is 9.35 Å². The molecule has 0 spiro atoms. The van der Waals surface area contributed by atoms with Crippen LogP contribution in [0.1, 0.15) is 309 Å². The maximum absolute atomic E-state index is 13.2. The molecule has 0 radical (unpaired) electrons. The fourth-order valence-corrected chi connectivity index (χ4v) is 10.9. The molecule has 1 rings (SSSR count). The molecule has 7 unspecified atom stereocenters. The zero-order valence-corrected chi connectivity index (χ0v) is 50.4. The number of rotatable bonds is 57. The Kier molecular flexibility index (Phi) is 51.1. The largest absolute Gasteiger partial charge is 0.397 e. The molecule has 77 heavy (non-hydrogen) atoms. The summed E-state index contributed by atoms with van der Waals surface area (Å²) in [6.45, 7) is 3.43. The predicted octanol–water partition coefficient (Wildman–Crippen LogP) is 16.1. The van der Waals surface area contributed by atoms with E-state index >= 15 is 0 Å². The molecule has 1 aliphatic heterocycles. The standard InChI is InChI=1S/C64H121NO11S/c1-3-5-7-9-11-13-15-17-19-21-22-23-24-25-26-27-28-29-30-31-32-33-34-35-36-38-40-42-44-46-48-50-52-54-60(68)65-57(56-74-64-62(70)63(76-77(71,72)73)61(69)59(55-66)75-64)58(67)53-51-49-47-45-43-41-39-37-20-18-16-14-12-10-8-6-4-2/h22-23,25-26,51,53,57-59,61-64,66-67,69-70H,3-21,24,27-50,52,54-56H2,1-2H3,(H,65,68)(H,71,72,73)/b23-22-,26-25-,53-51+. The van der Waals surface area contributed by atoms with Crippen molar-refractivity contribution in [2.75, 3.05) is 13.2 Å². The Balaban J connectivity index is 2.24. The molecule has 1 amide bonds. The van der Waals surface area contributed by atoms with Crippen LogP contribution >= 0.6 is 0 Å². The first-order valence-electron chi connectivity index (χ1n) is 32.4. The summed E-state index contributed by atoms with van der Waals surface area (Å²) >= 11 is 0. The Morgan fingerprint density at radius 1 is 0.519 bits per heavy atom. The van der Waals surface area contributed by atoms with Gasteiger partial charge in [0, 0.05) is 6.42 Å². The van der Waals surface area contributed by atoms with Crippen LogP contribution < -0.4 is 5.32 Å². The second-order valence-electron chi connectivity index (χ2n) is 22.7. The molecule has 0 aromatic heterocycles. The zero-order valence-electron chi connectivity index (χ0n) is 49.5. The van der Waals surface area contributed by atoms with E-state index in [0.29, 0.717) is 6.42 Å². The lowest BCUT2D eigenvalue weighted by atomic mass is 9.99. The normalized spacial score (nSPS) is 19.1. The molecule has 0 saturated carbocycles. The van der Waals surface area contributed by atoms with Crippen molar-refractivity contribution in [3.8, 4) is 0 Å². The van der Waals surface area contributed by atoms with Crippen LogP contribution in [0.5, 0.6) is 0 Å². The minimum absolute atomic E-state index is 0.258. The van der Waals surface area contributed by atoms with E-state index in [0.717, 1.165) is 44.9 Å². The number of nitrogens with one attached hydrogen (secondary N) is 1. The Morgan fingerprint density at radius 3 is 1.23 bits per heavy atom. The third-order valence-electron chi connectivity index (χ3n) is 15.4. The van der Waals surface area contributed by atoms with Gasteiger partial charge in [-0.25, -0.2) is 4.18 Å². The van der Waals surface area contributed by atoms with Gasteiger partial charge in [0.15, 0.2) is 6.29 Å². The summed E-state index contributed by atoms with van der Waals surface area (Å²) in [5, 5.41) is 45.0. The molecule has 6 N–H and O–H groups in total. The SMILES string of the molecule is CCCCCCCCCCC/C=C\C/C=C\CCCCCCCCCCCCCCCCCCCC(=O)NC(COC1OC(CO)C(O)C(OS(=O)(=O)O)C1O)C(O)/C=C/CCCCCCCCCCCCCCCCC. The molecule has 0 aliphatic carbocycles. The van der Waals surface area contributed by atoms with Crippen LogP contribution in [0.4, 0.5) is 0 Å². The second kappa shape index (κ2) is 53.6. The highest BCUT2D eigenvalue weighted by Gasteiger charge is 2.48. The van der Waals surface area contributed by atoms with E-state index in [-0.39, 0.29) is 18.9 Å². The number of ether oxygens (including phenoxy) is 2. The van der Waals surface area contributed by atoms with Crippen molar-refractivity contribution in [1.29, 1.82) is 0 Å². The highest BCUT2D eigenvalue weighted by atomic mass is 32.3. The molecule has 12 nitrogen and oxygen atoms in total. The predicted molar refractivity (Wildman–Crippen MR) is 319 cm³/mol. The average molecular weight is 1110 g/mol. The van der Waals surface area contributed by atoms with E-state index in [1.165, 1.54) is 238 Å². The summed E-state index contributed by atoms with van der Waals surface area (Å²) in [6.07, 6.45) is 60.7. The lowest BCUT2D eigenvalue weighted by molar-refractivity contribution is -0.298. The van der Waals surface area contributed by atoms with Gasteiger partial charge >= 0.3 is 10.4 Å². The minimum Gasteiger partial charge on any atom is -0.394 e. The monoisotopic (exact) mass is 1110 g/mol. The Bertz CT molecular complexity index is 1490. The fourth-order valence-electron chi connectivity index (χ4n) is 10.4. The van der Waals surface area contributed by atoms with Crippen LogP contribution in [0.2, 0.25) is 0 Å². The summed E-state index contributed by atoms with van der Waals surface area (Å²) < 4.78 is 47.9. The van der Waals surface area contributed by atoms with Crippen LogP contribution in [0.3, 0.4) is 0 Å². The lowest BCUT2D eigenvalue weighted by Gasteiger charge is -2.41. The number of unbranched alkanes of at least 4 members (excludes halogenated alkanes) is 41. The van der Waals surface area contributed by atoms with E-state index in [4.69, 9.17) is 9.47 Å². The Morgan fingerprint density at radius 2 is 0.870 bits per heavy atom. The van der Waals surface area contributed by atoms with Gasteiger partial charge in [0.25, 0.3) is 0 Å². The Hall–Kier alpha value is -1.68. The van der Waals surface area contributed by atoms with Gasteiger partial charge in [-0.05, 0) is 51.4 Å². The highest BCUT2D eigenvalue weighted by molar-refractivity contribution is 7.80. The number of carbonyl (C=O) groups excluding carboxylic acids is 1.